The minimum Gasteiger partial charge on any atom is -0.240 e. The molecule has 0 amide bonds. The monoisotopic (exact) mass is 303 g/mol. The summed E-state index contributed by atoms with van der Waals surface area (Å²) in [5, 5.41) is 1.96. The summed E-state index contributed by atoms with van der Waals surface area (Å²) in [6, 6.07) is 16.9. The number of hydrogen-bond donors (Lipinski definition) is 0. The van der Waals surface area contributed by atoms with Crippen molar-refractivity contribution >= 4 is 37.5 Å². The van der Waals surface area contributed by atoms with Gasteiger partial charge in [-0.15, -0.1) is 11.3 Å². The molecule has 0 aliphatic heterocycles. The molecule has 1 heterocycles. The Kier molecular flexibility index (Phi) is 2.95. The quantitative estimate of drug-likeness (QED) is 0.616. The molecule has 0 spiro atoms. The Morgan fingerprint density at radius 3 is 2.59 bits per heavy atom. The molecule has 0 unspecified atom stereocenters. The van der Waals surface area contributed by atoms with E-state index < -0.39 is 0 Å². The molecule has 3 rings (SSSR count). The van der Waals surface area contributed by atoms with E-state index in [1.807, 2.05) is 6.07 Å². The van der Waals surface area contributed by atoms with E-state index in [2.05, 4.69) is 63.4 Å². The van der Waals surface area contributed by atoms with E-state index in [4.69, 9.17) is 0 Å². The van der Waals surface area contributed by atoms with Gasteiger partial charge in [-0.2, -0.15) is 0 Å². The summed E-state index contributed by atoms with van der Waals surface area (Å²) in [5.41, 5.74) is 3.59. The average molecular weight is 304 g/mol. The third-order valence-electron chi connectivity index (χ3n) is 2.65. The van der Waals surface area contributed by atoms with Crippen LogP contribution >= 0.6 is 27.3 Å². The first-order valence-corrected chi connectivity index (χ1v) is 7.31. The molecule has 0 fully saturated rings. The van der Waals surface area contributed by atoms with Gasteiger partial charge in [0.1, 0.15) is 5.01 Å². The molecule has 2 aromatic carbocycles. The lowest BCUT2D eigenvalue weighted by molar-refractivity contribution is 1.32. The lowest BCUT2D eigenvalue weighted by atomic mass is 10.1. The van der Waals surface area contributed by atoms with Gasteiger partial charge in [0.05, 0.1) is 15.5 Å². The van der Waals surface area contributed by atoms with Crippen molar-refractivity contribution in [2.45, 2.75) is 5.33 Å². The molecule has 0 saturated carbocycles. The highest BCUT2D eigenvalue weighted by Crippen LogP contribution is 2.28. The molecule has 84 valence electrons. The summed E-state index contributed by atoms with van der Waals surface area (Å²) in [6.45, 7) is 0. The summed E-state index contributed by atoms with van der Waals surface area (Å²) < 4.78 is 1.25. The number of rotatable bonds is 2. The summed E-state index contributed by atoms with van der Waals surface area (Å²) in [5.74, 6) is 0. The number of halogens is 1. The fourth-order valence-corrected chi connectivity index (χ4v) is 3.16. The molecule has 3 heteroatoms. The molecule has 0 atom stereocenters. The zero-order chi connectivity index (χ0) is 11.7. The second kappa shape index (κ2) is 4.59. The maximum absolute atomic E-state index is 4.54. The van der Waals surface area contributed by atoms with E-state index in [1.165, 1.54) is 15.8 Å². The minimum absolute atomic E-state index is 0.826. The molecule has 0 saturated heterocycles. The predicted molar refractivity (Wildman–Crippen MR) is 77.7 cm³/mol. The Bertz CT molecular complexity index is 646. The highest BCUT2D eigenvalue weighted by atomic mass is 79.9. The van der Waals surface area contributed by atoms with Crippen LogP contribution in [0.25, 0.3) is 21.3 Å². The average Bonchev–Trinajstić information content (AvgIpc) is 2.81. The molecule has 3 aromatic rings. The van der Waals surface area contributed by atoms with Crippen LogP contribution in [0.3, 0.4) is 0 Å². The van der Waals surface area contributed by atoms with Crippen molar-refractivity contribution in [1.29, 1.82) is 0 Å². The van der Waals surface area contributed by atoms with E-state index in [-0.39, 0.29) is 0 Å². The standard InChI is InChI=1S/C14H10BrNS/c15-9-14-16-12-7-6-11(8-13(12)17-14)10-4-2-1-3-5-10/h1-8H,9H2. The number of aromatic nitrogens is 1. The van der Waals surface area contributed by atoms with Gasteiger partial charge in [-0.05, 0) is 23.3 Å². The third-order valence-corrected chi connectivity index (χ3v) is 4.57. The number of thiazole rings is 1. The first-order valence-electron chi connectivity index (χ1n) is 5.37. The molecule has 1 nitrogen and oxygen atoms in total. The fourth-order valence-electron chi connectivity index (χ4n) is 1.84. The lowest BCUT2D eigenvalue weighted by Crippen LogP contribution is -1.76. The second-order valence-electron chi connectivity index (χ2n) is 3.79. The highest BCUT2D eigenvalue weighted by molar-refractivity contribution is 9.08. The number of fused-ring (bicyclic) bond motifs is 1. The fraction of sp³-hybridized carbons (Fsp3) is 0.0714. The molecule has 1 aromatic heterocycles. The summed E-state index contributed by atoms with van der Waals surface area (Å²) in [4.78, 5) is 4.54. The zero-order valence-corrected chi connectivity index (χ0v) is 11.5. The first kappa shape index (κ1) is 10.9. The van der Waals surface area contributed by atoms with Crippen molar-refractivity contribution < 1.29 is 0 Å². The Labute approximate surface area is 112 Å². The van der Waals surface area contributed by atoms with E-state index in [0.717, 1.165) is 15.9 Å². The predicted octanol–water partition coefficient (Wildman–Crippen LogP) is 4.86. The molecule has 0 aliphatic rings. The largest absolute Gasteiger partial charge is 0.240 e. The Morgan fingerprint density at radius 1 is 1.00 bits per heavy atom. The van der Waals surface area contributed by atoms with Crippen LogP contribution in [0.15, 0.2) is 48.5 Å². The number of hydrogen-bond acceptors (Lipinski definition) is 2. The van der Waals surface area contributed by atoms with Gasteiger partial charge in [0.2, 0.25) is 0 Å². The van der Waals surface area contributed by atoms with Gasteiger partial charge in [0.25, 0.3) is 0 Å². The van der Waals surface area contributed by atoms with Gasteiger partial charge in [-0.1, -0.05) is 52.3 Å². The Balaban J connectivity index is 2.13. The summed E-state index contributed by atoms with van der Waals surface area (Å²) in [6.07, 6.45) is 0. The molecule has 0 N–H and O–H groups in total. The normalized spacial score (nSPS) is 10.9. The van der Waals surface area contributed by atoms with Crippen LogP contribution in [0.1, 0.15) is 5.01 Å². The number of alkyl halides is 1. The molecular formula is C14H10BrNS. The maximum Gasteiger partial charge on any atom is 0.104 e. The van der Waals surface area contributed by atoms with Crippen LogP contribution in [0.2, 0.25) is 0 Å². The van der Waals surface area contributed by atoms with Crippen molar-refractivity contribution in [3.63, 3.8) is 0 Å². The Hall–Kier alpha value is -1.19. The van der Waals surface area contributed by atoms with Crippen LogP contribution in [-0.2, 0) is 5.33 Å². The van der Waals surface area contributed by atoms with Crippen molar-refractivity contribution in [3.8, 4) is 11.1 Å². The minimum atomic E-state index is 0.826. The van der Waals surface area contributed by atoms with E-state index in [9.17, 15) is 0 Å². The highest BCUT2D eigenvalue weighted by Gasteiger charge is 2.04. The van der Waals surface area contributed by atoms with Gasteiger partial charge < -0.3 is 0 Å². The van der Waals surface area contributed by atoms with Gasteiger partial charge in [-0.3, -0.25) is 0 Å². The molecule has 0 aliphatic carbocycles. The van der Waals surface area contributed by atoms with Gasteiger partial charge in [0.15, 0.2) is 0 Å². The number of nitrogens with zero attached hydrogens (tertiary/aromatic N) is 1. The van der Waals surface area contributed by atoms with E-state index >= 15 is 0 Å². The van der Waals surface area contributed by atoms with Crippen LogP contribution < -0.4 is 0 Å². The van der Waals surface area contributed by atoms with Crippen molar-refractivity contribution in [2.75, 3.05) is 0 Å². The zero-order valence-electron chi connectivity index (χ0n) is 9.06. The Morgan fingerprint density at radius 2 is 1.82 bits per heavy atom. The smallest absolute Gasteiger partial charge is 0.104 e. The second-order valence-corrected chi connectivity index (χ2v) is 5.47. The number of benzene rings is 2. The van der Waals surface area contributed by atoms with Crippen molar-refractivity contribution in [3.05, 3.63) is 53.5 Å². The van der Waals surface area contributed by atoms with Crippen LogP contribution in [-0.4, -0.2) is 4.98 Å². The van der Waals surface area contributed by atoms with Crippen LogP contribution in [0.5, 0.6) is 0 Å². The topological polar surface area (TPSA) is 12.9 Å². The van der Waals surface area contributed by atoms with Crippen molar-refractivity contribution in [1.82, 2.24) is 4.98 Å². The van der Waals surface area contributed by atoms with Crippen LogP contribution in [0, 0.1) is 0 Å². The van der Waals surface area contributed by atoms with E-state index in [1.54, 1.807) is 11.3 Å². The van der Waals surface area contributed by atoms with Crippen LogP contribution in [0.4, 0.5) is 0 Å². The van der Waals surface area contributed by atoms with Gasteiger partial charge in [-0.25, -0.2) is 4.98 Å². The maximum atomic E-state index is 4.54. The molecule has 0 radical (unpaired) electrons. The van der Waals surface area contributed by atoms with Crippen molar-refractivity contribution in [2.24, 2.45) is 0 Å². The summed E-state index contributed by atoms with van der Waals surface area (Å²) >= 11 is 5.20. The first-order chi connectivity index (χ1) is 8.36. The molecular weight excluding hydrogens is 294 g/mol. The lowest BCUT2D eigenvalue weighted by Gasteiger charge is -2.00. The third kappa shape index (κ3) is 2.13. The molecule has 17 heavy (non-hydrogen) atoms. The molecule has 0 bridgehead atoms. The van der Waals surface area contributed by atoms with Gasteiger partial charge in [0, 0.05) is 0 Å². The summed E-state index contributed by atoms with van der Waals surface area (Å²) in [7, 11) is 0. The van der Waals surface area contributed by atoms with E-state index in [0.29, 0.717) is 0 Å². The SMILES string of the molecule is BrCc1nc2ccc(-c3ccccc3)cc2s1. The van der Waals surface area contributed by atoms with Gasteiger partial charge >= 0.3 is 0 Å².